The molecule has 0 aromatic carbocycles. The average molecular weight is 215 g/mol. The third-order valence-corrected chi connectivity index (χ3v) is 2.29. The summed E-state index contributed by atoms with van der Waals surface area (Å²) in [6.07, 6.45) is 3.45. The number of carboxylic acids is 1. The van der Waals surface area contributed by atoms with E-state index in [0.717, 1.165) is 19.3 Å². The van der Waals surface area contributed by atoms with Gasteiger partial charge >= 0.3 is 5.97 Å². The fraction of sp³-hybridized carbons (Fsp3) is 0.818. The molecular formula is C11H21NO3. The van der Waals surface area contributed by atoms with Crippen LogP contribution in [0.15, 0.2) is 0 Å². The zero-order valence-corrected chi connectivity index (χ0v) is 9.58. The standard InChI is InChI=1S/C11H21NO3/c1-3-6-9(2)11(15)12-8-5-4-7-10(13)14/h9H,3-8H2,1-2H3,(H,12,15)(H,13,14). The monoisotopic (exact) mass is 215 g/mol. The molecule has 0 saturated carbocycles. The minimum atomic E-state index is -0.777. The number of nitrogens with one attached hydrogen (secondary N) is 1. The van der Waals surface area contributed by atoms with Crippen LogP contribution < -0.4 is 5.32 Å². The van der Waals surface area contributed by atoms with E-state index in [1.807, 2.05) is 6.92 Å². The highest BCUT2D eigenvalue weighted by atomic mass is 16.4. The quantitative estimate of drug-likeness (QED) is 0.607. The number of rotatable bonds is 8. The number of unbranched alkanes of at least 4 members (excludes halogenated alkanes) is 1. The summed E-state index contributed by atoms with van der Waals surface area (Å²) in [4.78, 5) is 21.6. The normalized spacial score (nSPS) is 12.1. The predicted octanol–water partition coefficient (Wildman–Crippen LogP) is 1.79. The molecule has 88 valence electrons. The van der Waals surface area contributed by atoms with Gasteiger partial charge in [0.25, 0.3) is 0 Å². The van der Waals surface area contributed by atoms with Crippen LogP contribution in [0, 0.1) is 5.92 Å². The third kappa shape index (κ3) is 7.97. The van der Waals surface area contributed by atoms with Gasteiger partial charge < -0.3 is 10.4 Å². The summed E-state index contributed by atoms with van der Waals surface area (Å²) in [5.74, 6) is -0.637. The van der Waals surface area contributed by atoms with Gasteiger partial charge in [-0.3, -0.25) is 9.59 Å². The maximum absolute atomic E-state index is 11.4. The van der Waals surface area contributed by atoms with E-state index in [9.17, 15) is 9.59 Å². The fourth-order valence-electron chi connectivity index (χ4n) is 1.35. The van der Waals surface area contributed by atoms with Crippen molar-refractivity contribution in [2.45, 2.75) is 46.0 Å². The van der Waals surface area contributed by atoms with E-state index in [4.69, 9.17) is 5.11 Å². The molecule has 0 radical (unpaired) electrons. The van der Waals surface area contributed by atoms with Crippen molar-refractivity contribution in [2.75, 3.05) is 6.54 Å². The SMILES string of the molecule is CCCC(C)C(=O)NCCCCC(=O)O. The molecule has 1 unspecified atom stereocenters. The summed E-state index contributed by atoms with van der Waals surface area (Å²) >= 11 is 0. The van der Waals surface area contributed by atoms with Gasteiger partial charge in [-0.2, -0.15) is 0 Å². The first-order chi connectivity index (χ1) is 7.07. The first-order valence-corrected chi connectivity index (χ1v) is 5.57. The summed E-state index contributed by atoms with van der Waals surface area (Å²) in [6, 6.07) is 0. The molecule has 2 N–H and O–H groups in total. The van der Waals surface area contributed by atoms with E-state index in [1.54, 1.807) is 0 Å². The topological polar surface area (TPSA) is 66.4 Å². The number of amides is 1. The van der Waals surface area contributed by atoms with Crippen LogP contribution in [0.25, 0.3) is 0 Å². The molecule has 0 aromatic rings. The van der Waals surface area contributed by atoms with Crippen molar-refractivity contribution in [3.8, 4) is 0 Å². The van der Waals surface area contributed by atoms with Gasteiger partial charge in [0.2, 0.25) is 5.91 Å². The van der Waals surface area contributed by atoms with Crippen molar-refractivity contribution in [1.29, 1.82) is 0 Å². The van der Waals surface area contributed by atoms with Crippen LogP contribution in [0.2, 0.25) is 0 Å². The van der Waals surface area contributed by atoms with Crippen LogP contribution in [-0.2, 0) is 9.59 Å². The molecule has 0 saturated heterocycles. The molecular weight excluding hydrogens is 194 g/mol. The third-order valence-electron chi connectivity index (χ3n) is 2.29. The fourth-order valence-corrected chi connectivity index (χ4v) is 1.35. The summed E-state index contributed by atoms with van der Waals surface area (Å²) in [5.41, 5.74) is 0. The van der Waals surface area contributed by atoms with E-state index in [-0.39, 0.29) is 18.2 Å². The lowest BCUT2D eigenvalue weighted by atomic mass is 10.1. The second kappa shape index (κ2) is 8.26. The number of hydrogen-bond donors (Lipinski definition) is 2. The van der Waals surface area contributed by atoms with Crippen molar-refractivity contribution >= 4 is 11.9 Å². The second-order valence-electron chi connectivity index (χ2n) is 3.83. The Hall–Kier alpha value is -1.06. The number of carbonyl (C=O) groups is 2. The van der Waals surface area contributed by atoms with Gasteiger partial charge in [-0.25, -0.2) is 0 Å². The molecule has 0 aliphatic rings. The van der Waals surface area contributed by atoms with Gasteiger partial charge in [-0.1, -0.05) is 20.3 Å². The highest BCUT2D eigenvalue weighted by Gasteiger charge is 2.10. The first kappa shape index (κ1) is 13.9. The zero-order valence-electron chi connectivity index (χ0n) is 9.58. The Morgan fingerprint density at radius 3 is 2.53 bits per heavy atom. The van der Waals surface area contributed by atoms with Crippen LogP contribution in [-0.4, -0.2) is 23.5 Å². The molecule has 0 spiro atoms. The molecule has 0 fully saturated rings. The Bertz CT molecular complexity index is 204. The van der Waals surface area contributed by atoms with Gasteiger partial charge in [0.05, 0.1) is 0 Å². The lowest BCUT2D eigenvalue weighted by molar-refractivity contribution is -0.137. The van der Waals surface area contributed by atoms with Gasteiger partial charge in [-0.05, 0) is 19.3 Å². The lowest BCUT2D eigenvalue weighted by Gasteiger charge is -2.10. The van der Waals surface area contributed by atoms with Crippen molar-refractivity contribution in [2.24, 2.45) is 5.92 Å². The van der Waals surface area contributed by atoms with Crippen LogP contribution in [0.4, 0.5) is 0 Å². The van der Waals surface area contributed by atoms with Crippen molar-refractivity contribution in [3.05, 3.63) is 0 Å². The summed E-state index contributed by atoms with van der Waals surface area (Å²) in [7, 11) is 0. The Morgan fingerprint density at radius 2 is 2.00 bits per heavy atom. The minimum Gasteiger partial charge on any atom is -0.481 e. The number of carboxylic acid groups (broad SMARTS) is 1. The molecule has 1 amide bonds. The van der Waals surface area contributed by atoms with Gasteiger partial charge in [0.15, 0.2) is 0 Å². The van der Waals surface area contributed by atoms with Crippen LogP contribution in [0.5, 0.6) is 0 Å². The maximum atomic E-state index is 11.4. The molecule has 0 rings (SSSR count). The van der Waals surface area contributed by atoms with Crippen LogP contribution in [0.1, 0.15) is 46.0 Å². The zero-order chi connectivity index (χ0) is 11.7. The van der Waals surface area contributed by atoms with Gasteiger partial charge in [0, 0.05) is 18.9 Å². The van der Waals surface area contributed by atoms with Gasteiger partial charge in [0.1, 0.15) is 0 Å². The Kier molecular flexibility index (Phi) is 7.68. The Balaban J connectivity index is 3.42. The van der Waals surface area contributed by atoms with Gasteiger partial charge in [-0.15, -0.1) is 0 Å². The van der Waals surface area contributed by atoms with E-state index in [1.165, 1.54) is 0 Å². The van der Waals surface area contributed by atoms with Crippen LogP contribution in [0.3, 0.4) is 0 Å². The largest absolute Gasteiger partial charge is 0.481 e. The molecule has 0 heterocycles. The summed E-state index contributed by atoms with van der Waals surface area (Å²) in [6.45, 7) is 4.55. The molecule has 1 atom stereocenters. The van der Waals surface area contributed by atoms with E-state index in [2.05, 4.69) is 12.2 Å². The number of carbonyl (C=O) groups excluding carboxylic acids is 1. The number of hydrogen-bond acceptors (Lipinski definition) is 2. The Morgan fingerprint density at radius 1 is 1.33 bits per heavy atom. The maximum Gasteiger partial charge on any atom is 0.303 e. The summed E-state index contributed by atoms with van der Waals surface area (Å²) in [5, 5.41) is 11.2. The molecule has 0 aromatic heterocycles. The van der Waals surface area contributed by atoms with Crippen LogP contribution >= 0.6 is 0 Å². The smallest absolute Gasteiger partial charge is 0.303 e. The molecule has 4 nitrogen and oxygen atoms in total. The molecule has 0 aliphatic carbocycles. The first-order valence-electron chi connectivity index (χ1n) is 5.57. The number of aliphatic carboxylic acids is 1. The molecule has 0 bridgehead atoms. The lowest BCUT2D eigenvalue weighted by Crippen LogP contribution is -2.29. The molecule has 15 heavy (non-hydrogen) atoms. The minimum absolute atomic E-state index is 0.0643. The summed E-state index contributed by atoms with van der Waals surface area (Å²) < 4.78 is 0. The average Bonchev–Trinajstić information content (AvgIpc) is 2.16. The van der Waals surface area contributed by atoms with E-state index < -0.39 is 5.97 Å². The van der Waals surface area contributed by atoms with E-state index in [0.29, 0.717) is 13.0 Å². The highest BCUT2D eigenvalue weighted by Crippen LogP contribution is 2.04. The van der Waals surface area contributed by atoms with Crippen molar-refractivity contribution in [1.82, 2.24) is 5.32 Å². The van der Waals surface area contributed by atoms with Crippen molar-refractivity contribution in [3.63, 3.8) is 0 Å². The van der Waals surface area contributed by atoms with Crippen molar-refractivity contribution < 1.29 is 14.7 Å². The molecule has 0 aliphatic heterocycles. The second-order valence-corrected chi connectivity index (χ2v) is 3.83. The van der Waals surface area contributed by atoms with E-state index >= 15 is 0 Å². The highest BCUT2D eigenvalue weighted by molar-refractivity contribution is 5.78. The Labute approximate surface area is 91.1 Å². The predicted molar refractivity (Wildman–Crippen MR) is 58.6 cm³/mol. The molecule has 4 heteroatoms.